The Bertz CT molecular complexity index is 497. The van der Waals surface area contributed by atoms with E-state index in [2.05, 4.69) is 12.2 Å². The molecule has 0 atom stereocenters. The van der Waals surface area contributed by atoms with E-state index in [-0.39, 0.29) is 12.5 Å². The summed E-state index contributed by atoms with van der Waals surface area (Å²) < 4.78 is 0. The van der Waals surface area contributed by atoms with Gasteiger partial charge >= 0.3 is 0 Å². The van der Waals surface area contributed by atoms with E-state index in [1.54, 1.807) is 18.2 Å². The molecule has 1 saturated carbocycles. The highest BCUT2D eigenvalue weighted by Gasteiger charge is 2.35. The summed E-state index contributed by atoms with van der Waals surface area (Å²) in [6, 6.07) is 4.83. The molecular weight excluding hydrogens is 276 g/mol. The highest BCUT2D eigenvalue weighted by Crippen LogP contribution is 2.32. The van der Waals surface area contributed by atoms with Crippen LogP contribution in [0, 0.1) is 5.92 Å². The van der Waals surface area contributed by atoms with Crippen molar-refractivity contribution in [1.29, 1.82) is 0 Å². The molecule has 0 aliphatic heterocycles. The van der Waals surface area contributed by atoms with Crippen molar-refractivity contribution < 1.29 is 9.90 Å². The van der Waals surface area contributed by atoms with Crippen molar-refractivity contribution >= 4 is 23.2 Å². The second-order valence-corrected chi connectivity index (χ2v) is 6.24. The van der Waals surface area contributed by atoms with Gasteiger partial charge in [0.25, 0.3) is 5.91 Å². The van der Waals surface area contributed by atoms with Crippen LogP contribution in [0.2, 0.25) is 5.02 Å². The van der Waals surface area contributed by atoms with Gasteiger partial charge in [-0.05, 0) is 49.8 Å². The quantitative estimate of drug-likeness (QED) is 0.751. The lowest BCUT2D eigenvalue weighted by Crippen LogP contribution is -2.53. The maximum Gasteiger partial charge on any atom is 0.253 e. The van der Waals surface area contributed by atoms with Gasteiger partial charge in [-0.1, -0.05) is 18.5 Å². The SMILES string of the molecule is CC1CCC(CO)(NC(=O)c2cc(Cl)ccc2N)CC1. The molecule has 4 N–H and O–H groups in total. The number of rotatable bonds is 3. The number of amides is 1. The Hall–Kier alpha value is -1.26. The maximum atomic E-state index is 12.4. The smallest absolute Gasteiger partial charge is 0.253 e. The van der Waals surface area contributed by atoms with Crippen LogP contribution in [0.5, 0.6) is 0 Å². The third-order valence-corrected chi connectivity index (χ3v) is 4.41. The van der Waals surface area contributed by atoms with Gasteiger partial charge < -0.3 is 16.2 Å². The number of nitrogen functional groups attached to an aromatic ring is 1. The van der Waals surface area contributed by atoms with Crippen molar-refractivity contribution in [2.75, 3.05) is 12.3 Å². The third kappa shape index (κ3) is 3.25. The summed E-state index contributed by atoms with van der Waals surface area (Å²) in [4.78, 5) is 12.4. The number of aliphatic hydroxyl groups excluding tert-OH is 1. The van der Waals surface area contributed by atoms with E-state index in [4.69, 9.17) is 17.3 Å². The van der Waals surface area contributed by atoms with Gasteiger partial charge in [-0.15, -0.1) is 0 Å². The Morgan fingerprint density at radius 3 is 2.75 bits per heavy atom. The molecular formula is C15H21ClN2O2. The molecule has 0 spiro atoms. The number of hydrogen-bond donors (Lipinski definition) is 3. The number of aliphatic hydroxyl groups is 1. The molecule has 1 amide bonds. The van der Waals surface area contributed by atoms with E-state index in [1.807, 2.05) is 0 Å². The van der Waals surface area contributed by atoms with Crippen LogP contribution in [0.3, 0.4) is 0 Å². The molecule has 1 fully saturated rings. The monoisotopic (exact) mass is 296 g/mol. The number of halogens is 1. The first-order valence-electron chi connectivity index (χ1n) is 6.94. The first kappa shape index (κ1) is 15.1. The average molecular weight is 297 g/mol. The van der Waals surface area contributed by atoms with E-state index < -0.39 is 5.54 Å². The van der Waals surface area contributed by atoms with Crippen molar-refractivity contribution in [2.24, 2.45) is 5.92 Å². The summed E-state index contributed by atoms with van der Waals surface area (Å²) in [5.41, 5.74) is 6.05. The van der Waals surface area contributed by atoms with E-state index in [0.717, 1.165) is 25.7 Å². The minimum atomic E-state index is -0.529. The van der Waals surface area contributed by atoms with Gasteiger partial charge in [-0.25, -0.2) is 0 Å². The van der Waals surface area contributed by atoms with Crippen LogP contribution in [0.4, 0.5) is 5.69 Å². The Balaban J connectivity index is 2.15. The van der Waals surface area contributed by atoms with Gasteiger partial charge in [0.05, 0.1) is 17.7 Å². The van der Waals surface area contributed by atoms with Crippen molar-refractivity contribution in [3.05, 3.63) is 28.8 Å². The van der Waals surface area contributed by atoms with Gasteiger partial charge in [0, 0.05) is 10.7 Å². The molecule has 2 rings (SSSR count). The van der Waals surface area contributed by atoms with Crippen LogP contribution in [0.1, 0.15) is 43.0 Å². The fourth-order valence-electron chi connectivity index (χ4n) is 2.67. The van der Waals surface area contributed by atoms with Crippen LogP contribution < -0.4 is 11.1 Å². The van der Waals surface area contributed by atoms with E-state index in [9.17, 15) is 9.90 Å². The van der Waals surface area contributed by atoms with Crippen LogP contribution in [0.25, 0.3) is 0 Å². The second kappa shape index (κ2) is 6.02. The Morgan fingerprint density at radius 1 is 1.50 bits per heavy atom. The Labute approximate surface area is 124 Å². The Morgan fingerprint density at radius 2 is 2.15 bits per heavy atom. The predicted octanol–water partition coefficient (Wildman–Crippen LogP) is 2.59. The summed E-state index contributed by atoms with van der Waals surface area (Å²) in [5.74, 6) is 0.372. The van der Waals surface area contributed by atoms with Crippen molar-refractivity contribution in [3.8, 4) is 0 Å². The largest absolute Gasteiger partial charge is 0.398 e. The van der Waals surface area contributed by atoms with Crippen LogP contribution >= 0.6 is 11.6 Å². The number of carbonyl (C=O) groups excluding carboxylic acids is 1. The van der Waals surface area contributed by atoms with Gasteiger partial charge in [-0.3, -0.25) is 4.79 Å². The lowest BCUT2D eigenvalue weighted by atomic mass is 9.77. The number of nitrogens with one attached hydrogen (secondary N) is 1. The molecule has 0 radical (unpaired) electrons. The zero-order valence-corrected chi connectivity index (χ0v) is 12.4. The summed E-state index contributed by atoms with van der Waals surface area (Å²) >= 11 is 5.91. The predicted molar refractivity (Wildman–Crippen MR) is 80.8 cm³/mol. The third-order valence-electron chi connectivity index (χ3n) is 4.17. The summed E-state index contributed by atoms with van der Waals surface area (Å²) in [6.07, 6.45) is 3.59. The van der Waals surface area contributed by atoms with E-state index >= 15 is 0 Å². The average Bonchev–Trinajstić information content (AvgIpc) is 2.44. The molecule has 0 bridgehead atoms. The van der Waals surface area contributed by atoms with Gasteiger partial charge in [0.15, 0.2) is 0 Å². The minimum Gasteiger partial charge on any atom is -0.398 e. The summed E-state index contributed by atoms with van der Waals surface area (Å²) in [7, 11) is 0. The van der Waals surface area contributed by atoms with E-state index in [0.29, 0.717) is 22.2 Å². The van der Waals surface area contributed by atoms with Crippen molar-refractivity contribution in [3.63, 3.8) is 0 Å². The van der Waals surface area contributed by atoms with Crippen LogP contribution in [0.15, 0.2) is 18.2 Å². The molecule has 0 aromatic heterocycles. The molecule has 4 nitrogen and oxygen atoms in total. The lowest BCUT2D eigenvalue weighted by molar-refractivity contribution is 0.0718. The molecule has 1 aromatic carbocycles. The minimum absolute atomic E-state index is 0.0497. The van der Waals surface area contributed by atoms with Crippen LogP contribution in [-0.4, -0.2) is 23.2 Å². The van der Waals surface area contributed by atoms with Crippen LogP contribution in [-0.2, 0) is 0 Å². The van der Waals surface area contributed by atoms with Crippen molar-refractivity contribution in [2.45, 2.75) is 38.1 Å². The lowest BCUT2D eigenvalue weighted by Gasteiger charge is -2.38. The second-order valence-electron chi connectivity index (χ2n) is 5.81. The molecule has 0 unspecified atom stereocenters. The highest BCUT2D eigenvalue weighted by molar-refractivity contribution is 6.31. The zero-order valence-electron chi connectivity index (χ0n) is 11.7. The highest BCUT2D eigenvalue weighted by atomic mass is 35.5. The first-order valence-corrected chi connectivity index (χ1v) is 7.32. The number of hydrogen-bond acceptors (Lipinski definition) is 3. The summed E-state index contributed by atoms with van der Waals surface area (Å²) in [5, 5.41) is 13.1. The molecule has 5 heteroatoms. The van der Waals surface area contributed by atoms with Crippen molar-refractivity contribution in [1.82, 2.24) is 5.32 Å². The summed E-state index contributed by atoms with van der Waals surface area (Å²) in [6.45, 7) is 2.14. The molecule has 110 valence electrons. The molecule has 0 saturated heterocycles. The fraction of sp³-hybridized carbons (Fsp3) is 0.533. The first-order chi connectivity index (χ1) is 9.46. The van der Waals surface area contributed by atoms with E-state index in [1.165, 1.54) is 0 Å². The van der Waals surface area contributed by atoms with Gasteiger partial charge in [0.1, 0.15) is 0 Å². The molecule has 0 heterocycles. The molecule has 1 aromatic rings. The number of nitrogens with two attached hydrogens (primary N) is 1. The normalized spacial score (nSPS) is 26.2. The number of carbonyl (C=O) groups is 1. The maximum absolute atomic E-state index is 12.4. The zero-order chi connectivity index (χ0) is 14.8. The number of benzene rings is 1. The number of anilines is 1. The molecule has 1 aliphatic rings. The molecule has 1 aliphatic carbocycles. The standard InChI is InChI=1S/C15H21ClN2O2/c1-10-4-6-15(9-19,7-5-10)18-14(20)12-8-11(16)2-3-13(12)17/h2-3,8,10,19H,4-7,9,17H2,1H3,(H,18,20). The fourth-order valence-corrected chi connectivity index (χ4v) is 2.84. The topological polar surface area (TPSA) is 75.3 Å². The molecule has 20 heavy (non-hydrogen) atoms. The van der Waals surface area contributed by atoms with Gasteiger partial charge in [0.2, 0.25) is 0 Å². The Kier molecular flexibility index (Phi) is 4.55. The van der Waals surface area contributed by atoms with Gasteiger partial charge in [-0.2, -0.15) is 0 Å².